The van der Waals surface area contributed by atoms with Gasteiger partial charge in [0, 0.05) is 5.56 Å². The lowest BCUT2D eigenvalue weighted by molar-refractivity contribution is -0.118. The molecule has 0 bridgehead atoms. The fraction of sp³-hybridized carbons (Fsp3) is 0.111. The second kappa shape index (κ2) is 6.79. The minimum Gasteiger partial charge on any atom is -0.368 e. The number of rotatable bonds is 5. The molecule has 0 saturated heterocycles. The van der Waals surface area contributed by atoms with Crippen LogP contribution in [-0.2, 0) is 17.9 Å². The van der Waals surface area contributed by atoms with Crippen molar-refractivity contribution in [3.63, 3.8) is 0 Å². The molecule has 0 radical (unpaired) electrons. The Morgan fingerprint density at radius 2 is 1.78 bits per heavy atom. The Kier molecular flexibility index (Phi) is 4.17. The highest BCUT2D eigenvalue weighted by atomic mass is 16.2. The van der Waals surface area contributed by atoms with E-state index in [-0.39, 0.29) is 18.6 Å². The van der Waals surface area contributed by atoms with Crippen LogP contribution in [0.5, 0.6) is 0 Å². The molecule has 27 heavy (non-hydrogen) atoms. The average molecular weight is 361 g/mol. The molecule has 0 unspecified atom stereocenters. The van der Waals surface area contributed by atoms with E-state index in [1.165, 1.54) is 9.36 Å². The van der Waals surface area contributed by atoms with Crippen molar-refractivity contribution in [2.75, 3.05) is 0 Å². The molecule has 2 N–H and O–H groups in total. The number of hydrogen-bond acceptors (Lipinski definition) is 6. The molecule has 9 heteroatoms. The molecule has 2 aromatic heterocycles. The van der Waals surface area contributed by atoms with Crippen LogP contribution in [0.15, 0.2) is 59.4 Å². The topological polar surface area (TPSA) is 122 Å². The van der Waals surface area contributed by atoms with Crippen LogP contribution in [0, 0.1) is 0 Å². The second-order valence-electron chi connectivity index (χ2n) is 5.91. The SMILES string of the molecule is NC(=O)Cn1c(Cn2nnc(-c3ccccc3)n2)nc2ccccc2c1=O. The Balaban J connectivity index is 1.76. The third kappa shape index (κ3) is 3.30. The van der Waals surface area contributed by atoms with Gasteiger partial charge >= 0.3 is 0 Å². The van der Waals surface area contributed by atoms with E-state index >= 15 is 0 Å². The van der Waals surface area contributed by atoms with Gasteiger partial charge in [-0.1, -0.05) is 42.5 Å². The molecular weight excluding hydrogens is 346 g/mol. The normalized spacial score (nSPS) is 11.0. The van der Waals surface area contributed by atoms with E-state index in [9.17, 15) is 9.59 Å². The molecule has 2 aromatic carbocycles. The molecule has 0 atom stereocenters. The molecule has 0 spiro atoms. The smallest absolute Gasteiger partial charge is 0.261 e. The predicted octanol–water partition coefficient (Wildman–Crippen LogP) is 0.584. The fourth-order valence-corrected chi connectivity index (χ4v) is 2.79. The zero-order valence-corrected chi connectivity index (χ0v) is 14.2. The summed E-state index contributed by atoms with van der Waals surface area (Å²) in [6.07, 6.45) is 0. The summed E-state index contributed by atoms with van der Waals surface area (Å²) in [7, 11) is 0. The third-order valence-electron chi connectivity index (χ3n) is 4.02. The van der Waals surface area contributed by atoms with E-state index in [0.717, 1.165) is 5.56 Å². The summed E-state index contributed by atoms with van der Waals surface area (Å²) >= 11 is 0. The summed E-state index contributed by atoms with van der Waals surface area (Å²) in [5.41, 5.74) is 6.32. The summed E-state index contributed by atoms with van der Waals surface area (Å²) in [4.78, 5) is 30.0. The van der Waals surface area contributed by atoms with Crippen molar-refractivity contribution in [3.05, 3.63) is 70.8 Å². The molecule has 0 saturated carbocycles. The van der Waals surface area contributed by atoms with E-state index in [4.69, 9.17) is 5.73 Å². The first-order chi connectivity index (χ1) is 13.1. The van der Waals surface area contributed by atoms with Crippen LogP contribution in [0.1, 0.15) is 5.82 Å². The summed E-state index contributed by atoms with van der Waals surface area (Å²) < 4.78 is 1.25. The monoisotopic (exact) mass is 361 g/mol. The summed E-state index contributed by atoms with van der Waals surface area (Å²) in [6.45, 7) is -0.195. The van der Waals surface area contributed by atoms with Crippen molar-refractivity contribution in [2.24, 2.45) is 5.73 Å². The van der Waals surface area contributed by atoms with Gasteiger partial charge in [0.1, 0.15) is 18.9 Å². The second-order valence-corrected chi connectivity index (χ2v) is 5.91. The number of tetrazole rings is 1. The molecule has 0 aliphatic heterocycles. The molecule has 134 valence electrons. The van der Waals surface area contributed by atoms with Gasteiger partial charge < -0.3 is 5.73 Å². The van der Waals surface area contributed by atoms with Crippen LogP contribution in [0.2, 0.25) is 0 Å². The van der Waals surface area contributed by atoms with Crippen LogP contribution in [0.3, 0.4) is 0 Å². The number of carbonyl (C=O) groups is 1. The highest BCUT2D eigenvalue weighted by Crippen LogP contribution is 2.13. The number of carbonyl (C=O) groups excluding carboxylic acids is 1. The van der Waals surface area contributed by atoms with Gasteiger partial charge in [0.25, 0.3) is 5.56 Å². The number of para-hydroxylation sites is 1. The maximum atomic E-state index is 12.8. The molecule has 0 fully saturated rings. The highest BCUT2D eigenvalue weighted by Gasteiger charge is 2.15. The molecule has 2 heterocycles. The summed E-state index contributed by atoms with van der Waals surface area (Å²) in [6, 6.07) is 16.3. The van der Waals surface area contributed by atoms with Gasteiger partial charge in [0.2, 0.25) is 11.7 Å². The van der Waals surface area contributed by atoms with Crippen molar-refractivity contribution >= 4 is 16.8 Å². The molecule has 4 aromatic rings. The largest absolute Gasteiger partial charge is 0.368 e. The number of aromatic nitrogens is 6. The van der Waals surface area contributed by atoms with Gasteiger partial charge in [-0.3, -0.25) is 14.2 Å². The molecule has 1 amide bonds. The number of fused-ring (bicyclic) bond motifs is 1. The van der Waals surface area contributed by atoms with Crippen LogP contribution in [-0.4, -0.2) is 35.7 Å². The number of hydrogen-bond donors (Lipinski definition) is 1. The summed E-state index contributed by atoms with van der Waals surface area (Å²) in [5.74, 6) is 0.154. The molecule has 4 rings (SSSR count). The van der Waals surface area contributed by atoms with Crippen molar-refractivity contribution in [1.82, 2.24) is 29.8 Å². The highest BCUT2D eigenvalue weighted by molar-refractivity contribution is 5.78. The number of nitrogens with zero attached hydrogens (tertiary/aromatic N) is 6. The quantitative estimate of drug-likeness (QED) is 0.555. The van der Waals surface area contributed by atoms with Crippen molar-refractivity contribution in [3.8, 4) is 11.4 Å². The Bertz CT molecular complexity index is 1180. The van der Waals surface area contributed by atoms with Crippen LogP contribution in [0.25, 0.3) is 22.3 Å². The van der Waals surface area contributed by atoms with E-state index in [1.807, 2.05) is 30.3 Å². The Morgan fingerprint density at radius 1 is 1.04 bits per heavy atom. The third-order valence-corrected chi connectivity index (χ3v) is 4.02. The first kappa shape index (κ1) is 16.6. The Labute approximate surface area is 153 Å². The zero-order chi connectivity index (χ0) is 18.8. The van der Waals surface area contributed by atoms with Gasteiger partial charge in [0.15, 0.2) is 0 Å². The van der Waals surface area contributed by atoms with E-state index in [2.05, 4.69) is 20.4 Å². The molecular formula is C18H15N7O2. The van der Waals surface area contributed by atoms with E-state index < -0.39 is 5.91 Å². The predicted molar refractivity (Wildman–Crippen MR) is 97.6 cm³/mol. The molecule has 0 aliphatic carbocycles. The van der Waals surface area contributed by atoms with Crippen LogP contribution in [0.4, 0.5) is 0 Å². The number of nitrogens with two attached hydrogens (primary N) is 1. The van der Waals surface area contributed by atoms with Crippen LogP contribution >= 0.6 is 0 Å². The molecule has 9 nitrogen and oxygen atoms in total. The fourth-order valence-electron chi connectivity index (χ4n) is 2.79. The maximum absolute atomic E-state index is 12.8. The first-order valence-corrected chi connectivity index (χ1v) is 8.22. The summed E-state index contributed by atoms with van der Waals surface area (Å²) in [5, 5.41) is 12.8. The Hall–Kier alpha value is -3.88. The lowest BCUT2D eigenvalue weighted by Gasteiger charge is -2.11. The van der Waals surface area contributed by atoms with Crippen molar-refractivity contribution in [2.45, 2.75) is 13.1 Å². The number of benzene rings is 2. The zero-order valence-electron chi connectivity index (χ0n) is 14.2. The minimum absolute atomic E-state index is 0.0766. The van der Waals surface area contributed by atoms with Gasteiger partial charge in [-0.15, -0.1) is 10.2 Å². The van der Waals surface area contributed by atoms with Crippen molar-refractivity contribution in [1.29, 1.82) is 0 Å². The first-order valence-electron chi connectivity index (χ1n) is 8.22. The number of primary amides is 1. The van der Waals surface area contributed by atoms with Gasteiger partial charge in [0.05, 0.1) is 10.9 Å². The van der Waals surface area contributed by atoms with Crippen molar-refractivity contribution < 1.29 is 4.79 Å². The lowest BCUT2D eigenvalue weighted by atomic mass is 10.2. The van der Waals surface area contributed by atoms with E-state index in [0.29, 0.717) is 22.6 Å². The lowest BCUT2D eigenvalue weighted by Crippen LogP contribution is -2.32. The van der Waals surface area contributed by atoms with Gasteiger partial charge in [-0.25, -0.2) is 4.98 Å². The number of amides is 1. The van der Waals surface area contributed by atoms with E-state index in [1.54, 1.807) is 24.3 Å². The van der Waals surface area contributed by atoms with Crippen LogP contribution < -0.4 is 11.3 Å². The molecule has 0 aliphatic rings. The van der Waals surface area contributed by atoms with Gasteiger partial charge in [-0.2, -0.15) is 4.80 Å². The maximum Gasteiger partial charge on any atom is 0.261 e. The van der Waals surface area contributed by atoms with Gasteiger partial charge in [-0.05, 0) is 17.3 Å². The Morgan fingerprint density at radius 3 is 2.56 bits per heavy atom. The minimum atomic E-state index is -0.632. The average Bonchev–Trinajstić information content (AvgIpc) is 3.14. The standard InChI is InChI=1S/C18H15N7O2/c19-15(26)10-24-16(20-14-9-5-4-8-13(14)18(24)27)11-25-22-17(21-23-25)12-6-2-1-3-7-12/h1-9H,10-11H2,(H2,19,26).